The van der Waals surface area contributed by atoms with Gasteiger partial charge in [0.25, 0.3) is 0 Å². The van der Waals surface area contributed by atoms with Crippen LogP contribution < -0.4 is 9.64 Å². The molecule has 0 radical (unpaired) electrons. The summed E-state index contributed by atoms with van der Waals surface area (Å²) in [6, 6.07) is 28.0. The fourth-order valence-corrected chi connectivity index (χ4v) is 4.63. The van der Waals surface area contributed by atoms with Crippen molar-refractivity contribution < 1.29 is 9.53 Å². The Labute approximate surface area is 188 Å². The van der Waals surface area contributed by atoms with Crippen molar-refractivity contribution in [2.75, 3.05) is 31.5 Å². The number of anilines is 1. The molecule has 0 saturated heterocycles. The average molecular weight is 431 g/mol. The molecular weight excluding hydrogens is 404 g/mol. The molecule has 0 atom stereocenters. The predicted molar refractivity (Wildman–Crippen MR) is 129 cm³/mol. The molecule has 0 bridgehead atoms. The third kappa shape index (κ3) is 4.78. The number of thioether (sulfide) groups is 1. The Hall–Kier alpha value is -3.18. The molecule has 0 amide bonds. The van der Waals surface area contributed by atoms with Gasteiger partial charge in [-0.15, -0.1) is 11.8 Å². The Morgan fingerprint density at radius 1 is 0.935 bits per heavy atom. The predicted octanol–water partition coefficient (Wildman–Crippen LogP) is 5.43. The van der Waals surface area contributed by atoms with Gasteiger partial charge in [-0.05, 0) is 36.1 Å². The molecule has 3 aromatic rings. The monoisotopic (exact) mass is 430 g/mol. The Balaban J connectivity index is 1.72. The van der Waals surface area contributed by atoms with E-state index >= 15 is 0 Å². The number of hydrogen-bond donors (Lipinski definition) is 0. The summed E-state index contributed by atoms with van der Waals surface area (Å²) in [6.07, 6.45) is 2.05. The molecule has 5 heteroatoms. The molecule has 1 heterocycles. The number of Topliss-reactive ketones (excluding diaryl/α,β-unsaturated/α-hetero) is 1. The molecule has 4 rings (SSSR count). The molecule has 31 heavy (non-hydrogen) atoms. The first kappa shape index (κ1) is 21.1. The summed E-state index contributed by atoms with van der Waals surface area (Å²) in [5.74, 6) is 0.907. The molecule has 3 aromatic carbocycles. The van der Waals surface area contributed by atoms with E-state index in [0.717, 1.165) is 34.1 Å². The normalized spacial score (nSPS) is 14.0. The number of carbonyl (C=O) groups is 1. The third-order valence-corrected chi connectivity index (χ3v) is 6.28. The van der Waals surface area contributed by atoms with E-state index in [4.69, 9.17) is 4.74 Å². The second-order valence-corrected chi connectivity index (χ2v) is 8.20. The third-order valence-electron chi connectivity index (χ3n) is 5.39. The van der Waals surface area contributed by atoms with Crippen LogP contribution in [-0.2, 0) is 6.54 Å². The Morgan fingerprint density at radius 2 is 1.58 bits per heavy atom. The minimum absolute atomic E-state index is 0.0845. The van der Waals surface area contributed by atoms with Gasteiger partial charge in [-0.3, -0.25) is 4.79 Å². The highest BCUT2D eigenvalue weighted by atomic mass is 32.2. The largest absolute Gasteiger partial charge is 0.497 e. The van der Waals surface area contributed by atoms with Gasteiger partial charge < -0.3 is 14.5 Å². The fraction of sp³-hybridized carbons (Fsp3) is 0.192. The van der Waals surface area contributed by atoms with Crippen molar-refractivity contribution in [2.45, 2.75) is 6.54 Å². The Bertz CT molecular complexity index is 1050. The van der Waals surface area contributed by atoms with Crippen LogP contribution >= 0.6 is 11.8 Å². The van der Waals surface area contributed by atoms with E-state index in [-0.39, 0.29) is 5.78 Å². The minimum Gasteiger partial charge on any atom is -0.497 e. The van der Waals surface area contributed by atoms with Gasteiger partial charge in [-0.1, -0.05) is 60.7 Å². The molecule has 158 valence electrons. The first-order valence-corrected chi connectivity index (χ1v) is 11.5. The minimum atomic E-state index is 0.0845. The highest BCUT2D eigenvalue weighted by Crippen LogP contribution is 2.33. The van der Waals surface area contributed by atoms with Crippen LogP contribution in [-0.4, -0.2) is 37.3 Å². The van der Waals surface area contributed by atoms with Crippen molar-refractivity contribution in [3.8, 4) is 5.75 Å². The van der Waals surface area contributed by atoms with Gasteiger partial charge in [0.2, 0.25) is 0 Å². The van der Waals surface area contributed by atoms with Gasteiger partial charge in [0.05, 0.1) is 25.4 Å². The molecule has 0 aromatic heterocycles. The van der Waals surface area contributed by atoms with Gasteiger partial charge in [0.15, 0.2) is 5.78 Å². The highest BCUT2D eigenvalue weighted by Gasteiger charge is 2.29. The van der Waals surface area contributed by atoms with Crippen LogP contribution in [0, 0.1) is 0 Å². The first-order valence-electron chi connectivity index (χ1n) is 10.2. The molecule has 0 N–H and O–H groups in total. The lowest BCUT2D eigenvalue weighted by atomic mass is 10.0. The SMILES string of the molecule is COc1ccc(N2CC(C(=O)c3ccccc3)=C(SC)N(Cc3ccccc3)C2)cc1. The van der Waals surface area contributed by atoms with Crippen molar-refractivity contribution in [2.24, 2.45) is 0 Å². The van der Waals surface area contributed by atoms with E-state index in [9.17, 15) is 4.79 Å². The summed E-state index contributed by atoms with van der Waals surface area (Å²) >= 11 is 1.65. The number of nitrogens with zero attached hydrogens (tertiary/aromatic N) is 2. The average Bonchev–Trinajstić information content (AvgIpc) is 2.84. The van der Waals surface area contributed by atoms with Gasteiger partial charge in [0, 0.05) is 23.4 Å². The molecule has 0 saturated carbocycles. The number of ether oxygens (including phenoxy) is 1. The van der Waals surface area contributed by atoms with E-state index in [1.807, 2.05) is 60.7 Å². The second-order valence-electron chi connectivity index (χ2n) is 7.40. The first-order chi connectivity index (χ1) is 15.2. The topological polar surface area (TPSA) is 32.8 Å². The van der Waals surface area contributed by atoms with E-state index in [2.05, 4.69) is 40.3 Å². The number of hydrogen-bond acceptors (Lipinski definition) is 5. The lowest BCUT2D eigenvalue weighted by molar-refractivity contribution is 0.102. The number of rotatable bonds is 7. The van der Waals surface area contributed by atoms with Gasteiger partial charge in [-0.2, -0.15) is 0 Å². The maximum absolute atomic E-state index is 13.5. The van der Waals surface area contributed by atoms with Crippen molar-refractivity contribution >= 4 is 23.2 Å². The molecule has 0 fully saturated rings. The zero-order valence-corrected chi connectivity index (χ0v) is 18.6. The highest BCUT2D eigenvalue weighted by molar-refractivity contribution is 8.02. The Kier molecular flexibility index (Phi) is 6.63. The summed E-state index contributed by atoms with van der Waals surface area (Å²) in [5.41, 5.74) is 3.84. The second kappa shape index (κ2) is 9.75. The lowest BCUT2D eigenvalue weighted by Gasteiger charge is -2.40. The summed E-state index contributed by atoms with van der Waals surface area (Å²) < 4.78 is 5.31. The van der Waals surface area contributed by atoms with Gasteiger partial charge >= 0.3 is 0 Å². The van der Waals surface area contributed by atoms with Crippen LogP contribution in [0.1, 0.15) is 15.9 Å². The summed E-state index contributed by atoms with van der Waals surface area (Å²) in [5, 5.41) is 1.04. The smallest absolute Gasteiger partial charge is 0.193 e. The molecule has 0 unspecified atom stereocenters. The molecule has 1 aliphatic rings. The van der Waals surface area contributed by atoms with Gasteiger partial charge in [0.1, 0.15) is 5.75 Å². The van der Waals surface area contributed by atoms with Crippen molar-refractivity contribution in [3.63, 3.8) is 0 Å². The summed E-state index contributed by atoms with van der Waals surface area (Å²) in [6.45, 7) is 2.03. The van der Waals surface area contributed by atoms with Crippen LogP contribution in [0.25, 0.3) is 0 Å². The number of benzene rings is 3. The summed E-state index contributed by atoms with van der Waals surface area (Å²) in [4.78, 5) is 18.0. The van der Waals surface area contributed by atoms with Crippen molar-refractivity contribution in [3.05, 3.63) is 107 Å². The van der Waals surface area contributed by atoms with Crippen LogP contribution in [0.5, 0.6) is 5.75 Å². The molecular formula is C26H26N2O2S. The molecule has 0 spiro atoms. The maximum Gasteiger partial charge on any atom is 0.193 e. The van der Waals surface area contributed by atoms with Crippen LogP contribution in [0.15, 0.2) is 95.5 Å². The fourth-order valence-electron chi connectivity index (χ4n) is 3.85. The van der Waals surface area contributed by atoms with E-state index in [1.165, 1.54) is 5.56 Å². The van der Waals surface area contributed by atoms with Crippen LogP contribution in [0.2, 0.25) is 0 Å². The lowest BCUT2D eigenvalue weighted by Crippen LogP contribution is -2.44. The quantitative estimate of drug-likeness (QED) is 0.467. The van der Waals surface area contributed by atoms with Crippen LogP contribution in [0.3, 0.4) is 0 Å². The van der Waals surface area contributed by atoms with Crippen molar-refractivity contribution in [1.82, 2.24) is 4.90 Å². The van der Waals surface area contributed by atoms with Crippen molar-refractivity contribution in [1.29, 1.82) is 0 Å². The Morgan fingerprint density at radius 3 is 2.19 bits per heavy atom. The number of carbonyl (C=O) groups excluding carboxylic acids is 1. The maximum atomic E-state index is 13.5. The summed E-state index contributed by atoms with van der Waals surface area (Å²) in [7, 11) is 1.67. The molecule has 4 nitrogen and oxygen atoms in total. The molecule has 1 aliphatic heterocycles. The van der Waals surface area contributed by atoms with E-state index in [1.54, 1.807) is 18.9 Å². The molecule has 0 aliphatic carbocycles. The van der Waals surface area contributed by atoms with Gasteiger partial charge in [-0.25, -0.2) is 0 Å². The van der Waals surface area contributed by atoms with E-state index in [0.29, 0.717) is 13.2 Å². The van der Waals surface area contributed by atoms with E-state index < -0.39 is 0 Å². The number of ketones is 1. The zero-order chi connectivity index (χ0) is 21.6. The zero-order valence-electron chi connectivity index (χ0n) is 17.8. The number of methoxy groups -OCH3 is 1. The van der Waals surface area contributed by atoms with Crippen LogP contribution in [0.4, 0.5) is 5.69 Å². The standard InChI is InChI=1S/C26H26N2O2S/c1-30-23-15-13-22(14-16-23)27-18-24(25(29)21-11-7-4-8-12-21)26(31-2)28(19-27)17-20-9-5-3-6-10-20/h3-16H,17-19H2,1-2H3.